The molecule has 1 aliphatic carbocycles. The quantitative estimate of drug-likeness (QED) is 0.616. The molecule has 11 heavy (non-hydrogen) atoms. The highest BCUT2D eigenvalue weighted by Gasteiger charge is 2.31. The van der Waals surface area contributed by atoms with Crippen LogP contribution < -0.4 is 5.73 Å². The van der Waals surface area contributed by atoms with Crippen molar-refractivity contribution in [1.29, 1.82) is 0 Å². The third-order valence-corrected chi connectivity index (χ3v) is 2.56. The van der Waals surface area contributed by atoms with Gasteiger partial charge in [0.25, 0.3) is 0 Å². The van der Waals surface area contributed by atoms with Gasteiger partial charge in [-0.1, -0.05) is 20.8 Å². The van der Waals surface area contributed by atoms with E-state index >= 15 is 0 Å². The van der Waals surface area contributed by atoms with E-state index in [1.807, 2.05) is 0 Å². The van der Waals surface area contributed by atoms with Crippen LogP contribution in [0.15, 0.2) is 0 Å². The summed E-state index contributed by atoms with van der Waals surface area (Å²) in [5.41, 5.74) is 6.16. The van der Waals surface area contributed by atoms with Gasteiger partial charge in [0.15, 0.2) is 0 Å². The molecule has 0 heterocycles. The Labute approximate surface area is 70.4 Å². The van der Waals surface area contributed by atoms with E-state index in [-0.39, 0.29) is 0 Å². The van der Waals surface area contributed by atoms with Crippen LogP contribution in [-0.4, -0.2) is 6.54 Å². The topological polar surface area (TPSA) is 26.0 Å². The van der Waals surface area contributed by atoms with Crippen LogP contribution in [0.3, 0.4) is 0 Å². The van der Waals surface area contributed by atoms with Crippen LogP contribution in [0.4, 0.5) is 0 Å². The molecule has 0 aromatic heterocycles. The lowest BCUT2D eigenvalue weighted by Crippen LogP contribution is -2.30. The maximum atomic E-state index is 5.65. The van der Waals surface area contributed by atoms with Crippen LogP contribution in [0.5, 0.6) is 0 Å². The van der Waals surface area contributed by atoms with Crippen LogP contribution in [0.25, 0.3) is 0 Å². The summed E-state index contributed by atoms with van der Waals surface area (Å²) < 4.78 is 0. The molecule has 1 heteroatoms. The van der Waals surface area contributed by atoms with Crippen molar-refractivity contribution in [2.75, 3.05) is 6.54 Å². The molecule has 1 unspecified atom stereocenters. The van der Waals surface area contributed by atoms with E-state index in [0.29, 0.717) is 5.41 Å². The first-order valence-corrected chi connectivity index (χ1v) is 4.57. The molecule has 0 spiro atoms. The van der Waals surface area contributed by atoms with Crippen molar-refractivity contribution < 1.29 is 0 Å². The molecule has 0 aromatic carbocycles. The predicted octanol–water partition coefficient (Wildman–Crippen LogP) is 2.37. The maximum Gasteiger partial charge on any atom is -0.00144 e. The molecule has 0 saturated heterocycles. The van der Waals surface area contributed by atoms with Gasteiger partial charge in [0.2, 0.25) is 0 Å². The second kappa shape index (κ2) is 3.14. The van der Waals surface area contributed by atoms with Gasteiger partial charge in [0, 0.05) is 0 Å². The van der Waals surface area contributed by atoms with Crippen molar-refractivity contribution in [3.05, 3.63) is 5.92 Å². The van der Waals surface area contributed by atoms with Gasteiger partial charge in [-0.2, -0.15) is 0 Å². The van der Waals surface area contributed by atoms with Gasteiger partial charge >= 0.3 is 0 Å². The second-order valence-electron chi connectivity index (χ2n) is 4.81. The molecule has 0 aromatic rings. The van der Waals surface area contributed by atoms with Crippen LogP contribution in [0.2, 0.25) is 0 Å². The summed E-state index contributed by atoms with van der Waals surface area (Å²) in [5, 5.41) is 0. The fourth-order valence-corrected chi connectivity index (χ4v) is 2.48. The molecule has 1 saturated carbocycles. The van der Waals surface area contributed by atoms with Gasteiger partial charge in [-0.3, -0.25) is 0 Å². The number of hydrogen-bond donors (Lipinski definition) is 1. The van der Waals surface area contributed by atoms with Gasteiger partial charge in [-0.05, 0) is 43.1 Å². The number of rotatable bonds is 1. The van der Waals surface area contributed by atoms with Crippen molar-refractivity contribution in [3.63, 3.8) is 0 Å². The SMILES string of the molecule is CC1C[C](CN)CC(C)(C)C1. The zero-order valence-electron chi connectivity index (χ0n) is 7.98. The Morgan fingerprint density at radius 2 is 2.18 bits per heavy atom. The van der Waals surface area contributed by atoms with E-state index in [1.165, 1.54) is 19.3 Å². The van der Waals surface area contributed by atoms with E-state index in [1.54, 1.807) is 5.92 Å². The summed E-state index contributed by atoms with van der Waals surface area (Å²) in [6, 6.07) is 0. The standard InChI is InChI=1S/C10H20N/c1-8-4-9(7-11)6-10(2,3)5-8/h8H,4-7,11H2,1-3H3. The van der Waals surface area contributed by atoms with Gasteiger partial charge in [-0.25, -0.2) is 0 Å². The zero-order chi connectivity index (χ0) is 8.48. The number of nitrogens with two attached hydrogens (primary N) is 1. The van der Waals surface area contributed by atoms with Crippen molar-refractivity contribution in [2.24, 2.45) is 17.1 Å². The normalized spacial score (nSPS) is 32.2. The average molecular weight is 154 g/mol. The number of hydrogen-bond acceptors (Lipinski definition) is 1. The minimum atomic E-state index is 0.506. The highest BCUT2D eigenvalue weighted by molar-refractivity contribution is 5.01. The minimum Gasteiger partial charge on any atom is -0.330 e. The Morgan fingerprint density at radius 3 is 2.64 bits per heavy atom. The Kier molecular flexibility index (Phi) is 2.58. The first kappa shape index (κ1) is 9.05. The summed E-state index contributed by atoms with van der Waals surface area (Å²) in [6.45, 7) is 7.82. The molecule has 1 fully saturated rings. The molecule has 1 aliphatic rings. The van der Waals surface area contributed by atoms with Crippen LogP contribution in [0, 0.1) is 17.3 Å². The molecule has 65 valence electrons. The maximum absolute atomic E-state index is 5.65. The lowest BCUT2D eigenvalue weighted by Gasteiger charge is -2.38. The monoisotopic (exact) mass is 154 g/mol. The third-order valence-electron chi connectivity index (χ3n) is 2.56. The molecule has 1 atom stereocenters. The lowest BCUT2D eigenvalue weighted by atomic mass is 9.68. The molecule has 2 N–H and O–H groups in total. The van der Waals surface area contributed by atoms with Crippen molar-refractivity contribution in [2.45, 2.75) is 40.0 Å². The van der Waals surface area contributed by atoms with Crippen LogP contribution >= 0.6 is 0 Å². The van der Waals surface area contributed by atoms with E-state index in [0.717, 1.165) is 12.5 Å². The Morgan fingerprint density at radius 1 is 1.55 bits per heavy atom. The van der Waals surface area contributed by atoms with Crippen LogP contribution in [-0.2, 0) is 0 Å². The summed E-state index contributed by atoms with van der Waals surface area (Å²) in [7, 11) is 0. The van der Waals surface area contributed by atoms with Crippen LogP contribution in [0.1, 0.15) is 40.0 Å². The molecular weight excluding hydrogens is 134 g/mol. The molecule has 0 aliphatic heterocycles. The molecule has 1 nitrogen and oxygen atoms in total. The van der Waals surface area contributed by atoms with Crippen molar-refractivity contribution in [3.8, 4) is 0 Å². The van der Waals surface area contributed by atoms with E-state index in [4.69, 9.17) is 5.73 Å². The Balaban J connectivity index is 2.51. The fourth-order valence-electron chi connectivity index (χ4n) is 2.48. The largest absolute Gasteiger partial charge is 0.330 e. The van der Waals surface area contributed by atoms with Gasteiger partial charge in [0.05, 0.1) is 0 Å². The second-order valence-corrected chi connectivity index (χ2v) is 4.81. The molecule has 1 rings (SSSR count). The highest BCUT2D eigenvalue weighted by atomic mass is 14.6. The minimum absolute atomic E-state index is 0.506. The summed E-state index contributed by atoms with van der Waals surface area (Å²) in [4.78, 5) is 0. The van der Waals surface area contributed by atoms with Gasteiger partial charge in [-0.15, -0.1) is 0 Å². The first-order chi connectivity index (χ1) is 5.03. The summed E-state index contributed by atoms with van der Waals surface area (Å²) >= 11 is 0. The van der Waals surface area contributed by atoms with E-state index in [2.05, 4.69) is 20.8 Å². The molecule has 0 amide bonds. The summed E-state index contributed by atoms with van der Waals surface area (Å²) in [5.74, 6) is 2.41. The van der Waals surface area contributed by atoms with Crippen molar-refractivity contribution in [1.82, 2.24) is 0 Å². The Bertz CT molecular complexity index is 129. The van der Waals surface area contributed by atoms with E-state index < -0.39 is 0 Å². The molecular formula is C10H20N. The summed E-state index contributed by atoms with van der Waals surface area (Å²) in [6.07, 6.45) is 3.87. The smallest absolute Gasteiger partial charge is 0.00144 e. The highest BCUT2D eigenvalue weighted by Crippen LogP contribution is 2.41. The first-order valence-electron chi connectivity index (χ1n) is 4.57. The lowest BCUT2D eigenvalue weighted by molar-refractivity contribution is 0.208. The van der Waals surface area contributed by atoms with Gasteiger partial charge < -0.3 is 5.73 Å². The predicted molar refractivity (Wildman–Crippen MR) is 49.1 cm³/mol. The molecule has 1 radical (unpaired) electrons. The van der Waals surface area contributed by atoms with Gasteiger partial charge in [0.1, 0.15) is 0 Å². The molecule has 0 bridgehead atoms. The van der Waals surface area contributed by atoms with Crippen molar-refractivity contribution >= 4 is 0 Å². The van der Waals surface area contributed by atoms with E-state index in [9.17, 15) is 0 Å². The third kappa shape index (κ3) is 2.48. The average Bonchev–Trinajstić information content (AvgIpc) is 1.83. The Hall–Kier alpha value is -0.0400. The fraction of sp³-hybridized carbons (Fsp3) is 0.900. The zero-order valence-corrected chi connectivity index (χ0v) is 7.98.